The summed E-state index contributed by atoms with van der Waals surface area (Å²) in [4.78, 5) is 0. The number of hydrogen-bond acceptors (Lipinski definition) is 6. The van der Waals surface area contributed by atoms with Gasteiger partial charge in [0.2, 0.25) is 0 Å². The molecule has 0 radical (unpaired) electrons. The highest BCUT2D eigenvalue weighted by Crippen LogP contribution is 2.35. The molecule has 0 saturated carbocycles. The fraction of sp³-hybridized carbons (Fsp3) is 0.643. The Kier molecular flexibility index (Phi) is 14.1. The van der Waals surface area contributed by atoms with Crippen LogP contribution in [0.1, 0.15) is 46.5 Å². The molecule has 0 aliphatic carbocycles. The average molecular weight is 469 g/mol. The Labute approximate surface area is 205 Å². The Morgan fingerprint density at radius 3 is 1.94 bits per heavy atom. The molecule has 1 saturated heterocycles. The number of ether oxygens (including phenoxy) is 6. The molecule has 0 N–H and O–H groups in total. The first-order chi connectivity index (χ1) is 16.4. The maximum absolute atomic E-state index is 6.38. The molecule has 0 amide bonds. The Bertz CT molecular complexity index is 803. The molecule has 6 nitrogen and oxygen atoms in total. The molecule has 1 fully saturated rings. The number of unbranched alkanes of at least 4 members (excludes halogenated alkanes) is 1. The lowest BCUT2D eigenvalue weighted by Gasteiger charge is -2.47. The van der Waals surface area contributed by atoms with Crippen molar-refractivity contribution in [3.63, 3.8) is 0 Å². The van der Waals surface area contributed by atoms with Gasteiger partial charge in [0.05, 0.1) is 11.7 Å². The summed E-state index contributed by atoms with van der Waals surface area (Å²) < 4.78 is 36.3. The van der Waals surface area contributed by atoms with Crippen LogP contribution < -0.4 is 0 Å². The second-order valence-corrected chi connectivity index (χ2v) is 8.18. The molecule has 0 aromatic carbocycles. The van der Waals surface area contributed by atoms with Crippen LogP contribution >= 0.6 is 0 Å². The third-order valence-electron chi connectivity index (χ3n) is 5.44. The van der Waals surface area contributed by atoms with E-state index in [4.69, 9.17) is 60.5 Å². The second-order valence-electron chi connectivity index (χ2n) is 8.18. The van der Waals surface area contributed by atoms with E-state index < -0.39 is 42.4 Å². The van der Waals surface area contributed by atoms with E-state index in [-0.39, 0.29) is 26.4 Å². The van der Waals surface area contributed by atoms with Crippen LogP contribution in [0.3, 0.4) is 0 Å². The van der Waals surface area contributed by atoms with E-state index in [0.29, 0.717) is 6.42 Å². The first-order valence-electron chi connectivity index (χ1n) is 11.4. The molecule has 2 unspecified atom stereocenters. The molecular formula is C28H36O6. The number of terminal acetylenes is 5. The Balaban J connectivity index is 3.39. The van der Waals surface area contributed by atoms with Crippen molar-refractivity contribution in [1.82, 2.24) is 0 Å². The molecule has 6 heteroatoms. The molecular weight excluding hydrogens is 432 g/mol. The fourth-order valence-electron chi connectivity index (χ4n) is 3.82. The van der Waals surface area contributed by atoms with Gasteiger partial charge >= 0.3 is 0 Å². The maximum atomic E-state index is 6.38. The largest absolute Gasteiger partial charge is 0.363 e. The van der Waals surface area contributed by atoms with E-state index in [0.717, 1.165) is 19.3 Å². The molecule has 34 heavy (non-hydrogen) atoms. The van der Waals surface area contributed by atoms with Crippen LogP contribution in [0.4, 0.5) is 0 Å². The van der Waals surface area contributed by atoms with Gasteiger partial charge in [0.15, 0.2) is 6.29 Å². The normalized spacial score (nSPS) is 26.6. The van der Waals surface area contributed by atoms with Gasteiger partial charge in [-0.3, -0.25) is 0 Å². The summed E-state index contributed by atoms with van der Waals surface area (Å²) in [5.74, 6) is 12.5. The summed E-state index contributed by atoms with van der Waals surface area (Å²) in [6.07, 6.45) is 26.5. The molecule has 0 aromatic heterocycles. The highest BCUT2D eigenvalue weighted by atomic mass is 16.7. The molecule has 0 bridgehead atoms. The lowest BCUT2D eigenvalue weighted by molar-refractivity contribution is -0.323. The van der Waals surface area contributed by atoms with Crippen molar-refractivity contribution in [3.05, 3.63) is 0 Å². The first kappa shape index (κ1) is 29.6. The summed E-state index contributed by atoms with van der Waals surface area (Å²) in [7, 11) is 0. The smallest absolute Gasteiger partial charge is 0.188 e. The van der Waals surface area contributed by atoms with E-state index >= 15 is 0 Å². The van der Waals surface area contributed by atoms with E-state index in [1.165, 1.54) is 0 Å². The maximum Gasteiger partial charge on any atom is 0.188 e. The van der Waals surface area contributed by atoms with Crippen LogP contribution in [0.2, 0.25) is 0 Å². The minimum absolute atomic E-state index is 0.000254. The molecule has 1 heterocycles. The molecule has 7 atom stereocenters. The molecule has 1 rings (SSSR count). The van der Waals surface area contributed by atoms with Crippen molar-refractivity contribution in [3.8, 4) is 61.7 Å². The van der Waals surface area contributed by atoms with Crippen molar-refractivity contribution in [2.45, 2.75) is 88.9 Å². The van der Waals surface area contributed by atoms with Crippen LogP contribution in [0.5, 0.6) is 0 Å². The van der Waals surface area contributed by atoms with Crippen molar-refractivity contribution >= 4 is 0 Å². The van der Waals surface area contributed by atoms with Crippen molar-refractivity contribution in [2.75, 3.05) is 26.4 Å². The zero-order valence-electron chi connectivity index (χ0n) is 20.5. The van der Waals surface area contributed by atoms with Gasteiger partial charge in [-0.2, -0.15) is 0 Å². The van der Waals surface area contributed by atoms with Gasteiger partial charge in [-0.15, -0.1) is 32.1 Å². The van der Waals surface area contributed by atoms with Gasteiger partial charge in [0.25, 0.3) is 0 Å². The summed E-state index contributed by atoms with van der Waals surface area (Å²) in [6, 6.07) is 0. The van der Waals surface area contributed by atoms with E-state index in [1.54, 1.807) is 6.92 Å². The zero-order valence-corrected chi connectivity index (χ0v) is 20.5. The molecule has 1 aliphatic heterocycles. The van der Waals surface area contributed by atoms with Crippen LogP contribution in [-0.4, -0.2) is 68.8 Å². The quantitative estimate of drug-likeness (QED) is 0.345. The Morgan fingerprint density at radius 1 is 0.853 bits per heavy atom. The predicted octanol–water partition coefficient (Wildman–Crippen LogP) is 2.79. The van der Waals surface area contributed by atoms with Crippen LogP contribution in [0.25, 0.3) is 0 Å². The summed E-state index contributed by atoms with van der Waals surface area (Å²) in [5.41, 5.74) is -0.587. The minimum atomic E-state index is -0.888. The summed E-state index contributed by atoms with van der Waals surface area (Å²) in [6.45, 7) is 6.06. The topological polar surface area (TPSA) is 55.4 Å². The second kappa shape index (κ2) is 16.2. The zero-order chi connectivity index (χ0) is 25.4. The molecule has 0 aromatic rings. The molecule has 1 aliphatic rings. The van der Waals surface area contributed by atoms with Crippen molar-refractivity contribution in [2.24, 2.45) is 0 Å². The van der Waals surface area contributed by atoms with Gasteiger partial charge in [0.1, 0.15) is 50.8 Å². The fourth-order valence-corrected chi connectivity index (χ4v) is 3.82. The van der Waals surface area contributed by atoms with Crippen molar-refractivity contribution in [1.29, 1.82) is 0 Å². The SMILES string of the molecule is C#CCO[C@@H]1[C@@H](OCC#C)[C@@H](OC(C)C#C)O[C@H](CC(C)(CCCC)OCC#C)[C@H]1OCC#C. The first-order valence-corrected chi connectivity index (χ1v) is 11.4. The van der Waals surface area contributed by atoms with Crippen LogP contribution in [-0.2, 0) is 28.4 Å². The lowest BCUT2D eigenvalue weighted by Crippen LogP contribution is -2.62. The average Bonchev–Trinajstić information content (AvgIpc) is 2.83. The Hall–Kier alpha value is -2.44. The highest BCUT2D eigenvalue weighted by Gasteiger charge is 2.50. The number of hydrogen-bond donors (Lipinski definition) is 0. The monoisotopic (exact) mass is 468 g/mol. The molecule has 0 spiro atoms. The van der Waals surface area contributed by atoms with Gasteiger partial charge in [-0.25, -0.2) is 0 Å². The van der Waals surface area contributed by atoms with E-state index in [1.807, 2.05) is 6.92 Å². The minimum Gasteiger partial charge on any atom is -0.363 e. The third-order valence-corrected chi connectivity index (χ3v) is 5.44. The van der Waals surface area contributed by atoms with Crippen LogP contribution in [0.15, 0.2) is 0 Å². The Morgan fingerprint density at radius 2 is 1.41 bits per heavy atom. The van der Waals surface area contributed by atoms with Gasteiger partial charge in [0, 0.05) is 6.42 Å². The highest BCUT2D eigenvalue weighted by molar-refractivity contribution is 5.01. The third kappa shape index (κ3) is 9.43. The van der Waals surface area contributed by atoms with Crippen LogP contribution in [0, 0.1) is 61.7 Å². The van der Waals surface area contributed by atoms with E-state index in [2.05, 4.69) is 36.5 Å². The predicted molar refractivity (Wildman–Crippen MR) is 131 cm³/mol. The lowest BCUT2D eigenvalue weighted by atomic mass is 9.86. The van der Waals surface area contributed by atoms with Gasteiger partial charge in [-0.05, 0) is 20.3 Å². The van der Waals surface area contributed by atoms with E-state index in [9.17, 15) is 0 Å². The van der Waals surface area contributed by atoms with Gasteiger partial charge < -0.3 is 28.4 Å². The van der Waals surface area contributed by atoms with Gasteiger partial charge in [-0.1, -0.05) is 49.4 Å². The summed E-state index contributed by atoms with van der Waals surface area (Å²) in [5, 5.41) is 0. The standard InChI is InChI=1S/C28H36O6/c1-9-15-16-28(8,32-20-13-5)21-23-24(29-17-10-2)25(30-18-11-3)26(31-19-12-4)27(34-23)33-22(7)14-6/h2-6,22-27H,9,15-21H2,1,7-8H3/t22?,23-,24-,25+,26-,27+,28?/m1/s1. The molecule has 184 valence electrons. The number of rotatable bonds is 15. The summed E-state index contributed by atoms with van der Waals surface area (Å²) >= 11 is 0. The van der Waals surface area contributed by atoms with Crippen molar-refractivity contribution < 1.29 is 28.4 Å².